The molecular weight excluding hydrogens is 204 g/mol. The molecule has 0 fully saturated rings. The first-order valence-electron chi connectivity index (χ1n) is 3.85. The van der Waals surface area contributed by atoms with E-state index in [9.17, 15) is 4.79 Å². The summed E-state index contributed by atoms with van der Waals surface area (Å²) in [5, 5.41) is 8.71. The Morgan fingerprint density at radius 1 is 1.57 bits per heavy atom. The minimum Gasteiger partial charge on any atom is -0.478 e. The number of hydrogen-bond donors (Lipinski definition) is 1. The van der Waals surface area contributed by atoms with Crippen LogP contribution >= 0.6 is 12.4 Å². The van der Waals surface area contributed by atoms with Crippen molar-refractivity contribution in [2.24, 2.45) is 0 Å². The van der Waals surface area contributed by atoms with Crippen molar-refractivity contribution in [3.05, 3.63) is 35.8 Å². The number of nitrogens with zero attached hydrogens (tertiary/aromatic N) is 2. The van der Waals surface area contributed by atoms with Crippen LogP contribution in [0.3, 0.4) is 0 Å². The zero-order valence-electron chi connectivity index (χ0n) is 7.47. The molecule has 0 aromatic carbocycles. The number of aryl methyl sites for hydroxylation is 1. The first kappa shape index (κ1) is 10.5. The van der Waals surface area contributed by atoms with Gasteiger partial charge in [0, 0.05) is 12.4 Å². The van der Waals surface area contributed by atoms with Gasteiger partial charge in [0.15, 0.2) is 0 Å². The summed E-state index contributed by atoms with van der Waals surface area (Å²) in [6, 6.07) is 3.10. The lowest BCUT2D eigenvalue weighted by Gasteiger charge is -1.94. The number of rotatable bonds is 1. The summed E-state index contributed by atoms with van der Waals surface area (Å²) in [4.78, 5) is 14.8. The van der Waals surface area contributed by atoms with Crippen LogP contribution in [-0.4, -0.2) is 20.5 Å². The first-order valence-corrected chi connectivity index (χ1v) is 3.85. The van der Waals surface area contributed by atoms with E-state index in [-0.39, 0.29) is 18.0 Å². The SMILES string of the molecule is Cc1cn2ccc(C(=O)O)cc2n1.Cl. The maximum atomic E-state index is 10.6. The Kier molecular flexibility index (Phi) is 2.76. The molecule has 74 valence electrons. The van der Waals surface area contributed by atoms with Gasteiger partial charge in [-0.05, 0) is 19.1 Å². The molecule has 0 unspecified atom stereocenters. The minimum atomic E-state index is -0.928. The van der Waals surface area contributed by atoms with E-state index >= 15 is 0 Å². The number of aromatic carboxylic acids is 1. The number of imidazole rings is 1. The molecule has 2 heterocycles. The summed E-state index contributed by atoms with van der Waals surface area (Å²) < 4.78 is 1.79. The normalized spacial score (nSPS) is 9.79. The van der Waals surface area contributed by atoms with Crippen LogP contribution in [0, 0.1) is 6.92 Å². The third kappa shape index (κ3) is 1.70. The van der Waals surface area contributed by atoms with Crippen LogP contribution in [0.2, 0.25) is 0 Å². The molecule has 0 bridgehead atoms. The summed E-state index contributed by atoms with van der Waals surface area (Å²) in [6.07, 6.45) is 3.54. The van der Waals surface area contributed by atoms with Crippen LogP contribution < -0.4 is 0 Å². The predicted octanol–water partition coefficient (Wildman–Crippen LogP) is 1.76. The lowest BCUT2D eigenvalue weighted by Crippen LogP contribution is -1.96. The molecule has 14 heavy (non-hydrogen) atoms. The van der Waals surface area contributed by atoms with Crippen LogP contribution in [0.5, 0.6) is 0 Å². The number of halogens is 1. The zero-order valence-corrected chi connectivity index (χ0v) is 8.28. The van der Waals surface area contributed by atoms with E-state index in [0.717, 1.165) is 5.69 Å². The molecule has 2 aromatic rings. The number of carboxylic acid groups (broad SMARTS) is 1. The van der Waals surface area contributed by atoms with Crippen molar-refractivity contribution in [2.45, 2.75) is 6.92 Å². The fourth-order valence-electron chi connectivity index (χ4n) is 1.24. The van der Waals surface area contributed by atoms with Crippen LogP contribution in [0.15, 0.2) is 24.5 Å². The van der Waals surface area contributed by atoms with Crippen molar-refractivity contribution in [3.63, 3.8) is 0 Å². The Labute approximate surface area is 86.6 Å². The van der Waals surface area contributed by atoms with Gasteiger partial charge in [0.25, 0.3) is 0 Å². The average molecular weight is 213 g/mol. The molecule has 1 N–H and O–H groups in total. The van der Waals surface area contributed by atoms with E-state index in [0.29, 0.717) is 5.65 Å². The highest BCUT2D eigenvalue weighted by Gasteiger charge is 2.04. The largest absolute Gasteiger partial charge is 0.478 e. The number of fused-ring (bicyclic) bond motifs is 1. The van der Waals surface area contributed by atoms with Gasteiger partial charge >= 0.3 is 5.97 Å². The second-order valence-corrected chi connectivity index (χ2v) is 2.87. The van der Waals surface area contributed by atoms with E-state index in [1.54, 1.807) is 22.7 Å². The van der Waals surface area contributed by atoms with Gasteiger partial charge in [-0.15, -0.1) is 12.4 Å². The molecule has 0 aliphatic rings. The average Bonchev–Trinajstić information content (AvgIpc) is 2.42. The van der Waals surface area contributed by atoms with E-state index < -0.39 is 5.97 Å². The highest BCUT2D eigenvalue weighted by atomic mass is 35.5. The molecule has 0 atom stereocenters. The fourth-order valence-corrected chi connectivity index (χ4v) is 1.24. The van der Waals surface area contributed by atoms with Gasteiger partial charge in [-0.2, -0.15) is 0 Å². The molecule has 0 saturated heterocycles. The van der Waals surface area contributed by atoms with Crippen LogP contribution in [0.4, 0.5) is 0 Å². The molecule has 5 heteroatoms. The Morgan fingerprint density at radius 3 is 2.93 bits per heavy atom. The molecule has 0 aliphatic carbocycles. The van der Waals surface area contributed by atoms with Gasteiger partial charge in [0.05, 0.1) is 11.3 Å². The third-order valence-electron chi connectivity index (χ3n) is 1.83. The van der Waals surface area contributed by atoms with Gasteiger partial charge in [0.2, 0.25) is 0 Å². The van der Waals surface area contributed by atoms with Crippen molar-refractivity contribution in [3.8, 4) is 0 Å². The van der Waals surface area contributed by atoms with Gasteiger partial charge in [-0.1, -0.05) is 0 Å². The van der Waals surface area contributed by atoms with Crippen molar-refractivity contribution < 1.29 is 9.90 Å². The third-order valence-corrected chi connectivity index (χ3v) is 1.83. The molecule has 0 spiro atoms. The molecule has 2 aromatic heterocycles. The lowest BCUT2D eigenvalue weighted by atomic mass is 10.3. The monoisotopic (exact) mass is 212 g/mol. The van der Waals surface area contributed by atoms with Crippen molar-refractivity contribution in [1.29, 1.82) is 0 Å². The molecule has 0 radical (unpaired) electrons. The van der Waals surface area contributed by atoms with Gasteiger partial charge in [-0.25, -0.2) is 9.78 Å². The standard InChI is InChI=1S/C9H8N2O2.ClH/c1-6-5-11-3-2-7(9(12)13)4-8(11)10-6;/h2-5H,1H3,(H,12,13);1H. The summed E-state index contributed by atoms with van der Waals surface area (Å²) in [5.41, 5.74) is 1.80. The Bertz CT molecular complexity index is 479. The van der Waals surface area contributed by atoms with Crippen LogP contribution in [0.1, 0.15) is 16.1 Å². The van der Waals surface area contributed by atoms with E-state index in [1.165, 1.54) is 0 Å². The second kappa shape index (κ2) is 3.67. The Hall–Kier alpha value is -1.55. The highest BCUT2D eigenvalue weighted by Crippen LogP contribution is 2.07. The smallest absolute Gasteiger partial charge is 0.335 e. The van der Waals surface area contributed by atoms with E-state index in [2.05, 4.69) is 4.98 Å². The number of carboxylic acids is 1. The molecule has 0 amide bonds. The summed E-state index contributed by atoms with van der Waals surface area (Å²) >= 11 is 0. The van der Waals surface area contributed by atoms with E-state index in [4.69, 9.17) is 5.11 Å². The van der Waals surface area contributed by atoms with Gasteiger partial charge in [0.1, 0.15) is 5.65 Å². The summed E-state index contributed by atoms with van der Waals surface area (Å²) in [5.74, 6) is -0.928. The van der Waals surface area contributed by atoms with E-state index in [1.807, 2.05) is 13.1 Å². The molecule has 4 nitrogen and oxygen atoms in total. The van der Waals surface area contributed by atoms with Crippen LogP contribution in [0.25, 0.3) is 5.65 Å². The maximum absolute atomic E-state index is 10.6. The summed E-state index contributed by atoms with van der Waals surface area (Å²) in [6.45, 7) is 1.87. The van der Waals surface area contributed by atoms with Crippen molar-refractivity contribution in [2.75, 3.05) is 0 Å². The first-order chi connectivity index (χ1) is 6.16. The number of carbonyl (C=O) groups is 1. The quantitative estimate of drug-likeness (QED) is 0.784. The highest BCUT2D eigenvalue weighted by molar-refractivity contribution is 5.88. The summed E-state index contributed by atoms with van der Waals surface area (Å²) in [7, 11) is 0. The Balaban J connectivity index is 0.000000980. The molecule has 2 rings (SSSR count). The van der Waals surface area contributed by atoms with Gasteiger partial charge < -0.3 is 9.51 Å². The topological polar surface area (TPSA) is 54.6 Å². The van der Waals surface area contributed by atoms with Crippen LogP contribution in [-0.2, 0) is 0 Å². The number of pyridine rings is 1. The van der Waals surface area contributed by atoms with Crippen molar-refractivity contribution in [1.82, 2.24) is 9.38 Å². The molecule has 0 saturated carbocycles. The molecule has 0 aliphatic heterocycles. The molecular formula is C9H9ClN2O2. The number of aromatic nitrogens is 2. The number of hydrogen-bond acceptors (Lipinski definition) is 2. The predicted molar refractivity (Wildman–Crippen MR) is 54.1 cm³/mol. The lowest BCUT2D eigenvalue weighted by molar-refractivity contribution is 0.0697. The van der Waals surface area contributed by atoms with Crippen molar-refractivity contribution >= 4 is 24.0 Å². The minimum absolute atomic E-state index is 0. The fraction of sp³-hybridized carbons (Fsp3) is 0.111. The second-order valence-electron chi connectivity index (χ2n) is 2.87. The Morgan fingerprint density at radius 2 is 2.29 bits per heavy atom. The maximum Gasteiger partial charge on any atom is 0.335 e. The zero-order chi connectivity index (χ0) is 9.42. The van der Waals surface area contributed by atoms with Gasteiger partial charge in [-0.3, -0.25) is 0 Å².